The molecule has 0 aliphatic rings. The fraction of sp³-hybridized carbons (Fsp3) is 0.304. The predicted octanol–water partition coefficient (Wildman–Crippen LogP) is 4.05. The van der Waals surface area contributed by atoms with Crippen molar-refractivity contribution in [1.82, 2.24) is 15.1 Å². The third-order valence-electron chi connectivity index (χ3n) is 4.61. The summed E-state index contributed by atoms with van der Waals surface area (Å²) in [6.07, 6.45) is 0. The van der Waals surface area contributed by atoms with Crippen LogP contribution < -0.4 is 10.1 Å². The number of para-hydroxylation sites is 1. The molecule has 1 heterocycles. The Labute approximate surface area is 166 Å². The van der Waals surface area contributed by atoms with Crippen molar-refractivity contribution < 1.29 is 9.53 Å². The molecule has 0 bridgehead atoms. The molecule has 0 saturated heterocycles. The molecule has 3 aromatic rings. The van der Waals surface area contributed by atoms with E-state index in [0.29, 0.717) is 18.7 Å². The lowest BCUT2D eigenvalue weighted by Gasteiger charge is -2.16. The van der Waals surface area contributed by atoms with Gasteiger partial charge in [0, 0.05) is 11.3 Å². The number of aryl methyl sites for hydroxylation is 3. The van der Waals surface area contributed by atoms with Crippen LogP contribution in [0.2, 0.25) is 0 Å². The largest absolute Gasteiger partial charge is 0.491 e. The summed E-state index contributed by atoms with van der Waals surface area (Å²) >= 11 is 0. The highest BCUT2D eigenvalue weighted by Crippen LogP contribution is 2.16. The third kappa shape index (κ3) is 5.00. The van der Waals surface area contributed by atoms with Gasteiger partial charge < -0.3 is 10.1 Å². The van der Waals surface area contributed by atoms with Gasteiger partial charge in [-0.05, 0) is 63.1 Å². The number of nitrogens with zero attached hydrogens (tertiary/aromatic N) is 2. The number of ether oxygens (including phenoxy) is 1. The molecule has 3 rings (SSSR count). The monoisotopic (exact) mass is 377 g/mol. The Bertz CT molecular complexity index is 945. The fourth-order valence-electron chi connectivity index (χ4n) is 3.05. The van der Waals surface area contributed by atoms with Crippen LogP contribution in [0.15, 0.2) is 54.6 Å². The highest BCUT2D eigenvalue weighted by atomic mass is 16.5. The van der Waals surface area contributed by atoms with Gasteiger partial charge in [-0.3, -0.25) is 9.48 Å². The van der Waals surface area contributed by atoms with E-state index in [1.165, 1.54) is 0 Å². The van der Waals surface area contributed by atoms with Gasteiger partial charge in [-0.25, -0.2) is 0 Å². The first-order chi connectivity index (χ1) is 13.4. The van der Waals surface area contributed by atoms with E-state index in [9.17, 15) is 4.79 Å². The Morgan fingerprint density at radius 3 is 2.46 bits per heavy atom. The van der Waals surface area contributed by atoms with Crippen LogP contribution in [-0.4, -0.2) is 28.3 Å². The number of aromatic nitrogens is 2. The molecular weight excluding hydrogens is 350 g/mol. The Balaban J connectivity index is 1.54. The van der Waals surface area contributed by atoms with Gasteiger partial charge in [-0.2, -0.15) is 5.10 Å². The van der Waals surface area contributed by atoms with E-state index in [-0.39, 0.29) is 11.9 Å². The number of hydrogen-bond donors (Lipinski definition) is 1. The maximum Gasteiger partial charge on any atom is 0.251 e. The molecule has 0 saturated carbocycles. The topological polar surface area (TPSA) is 56.2 Å². The van der Waals surface area contributed by atoms with Crippen molar-refractivity contribution in [1.29, 1.82) is 0 Å². The van der Waals surface area contributed by atoms with Crippen molar-refractivity contribution in [3.8, 4) is 5.75 Å². The Hall–Kier alpha value is -3.08. The minimum absolute atomic E-state index is 0.0959. The average Bonchev–Trinajstić information content (AvgIpc) is 2.98. The van der Waals surface area contributed by atoms with Gasteiger partial charge in [0.1, 0.15) is 12.4 Å². The number of carbonyl (C=O) groups is 1. The van der Waals surface area contributed by atoms with E-state index in [1.807, 2.05) is 80.9 Å². The van der Waals surface area contributed by atoms with E-state index in [0.717, 1.165) is 28.3 Å². The van der Waals surface area contributed by atoms with Crippen molar-refractivity contribution in [2.45, 2.75) is 40.3 Å². The molecule has 1 amide bonds. The molecule has 1 N–H and O–H groups in total. The molecule has 5 heteroatoms. The zero-order valence-electron chi connectivity index (χ0n) is 16.9. The van der Waals surface area contributed by atoms with Gasteiger partial charge in [0.25, 0.3) is 5.91 Å². The van der Waals surface area contributed by atoms with Crippen molar-refractivity contribution in [2.75, 3.05) is 6.61 Å². The quantitative estimate of drug-likeness (QED) is 0.676. The van der Waals surface area contributed by atoms with Crippen molar-refractivity contribution in [3.05, 3.63) is 82.7 Å². The predicted molar refractivity (Wildman–Crippen MR) is 111 cm³/mol. The average molecular weight is 377 g/mol. The van der Waals surface area contributed by atoms with Gasteiger partial charge >= 0.3 is 0 Å². The summed E-state index contributed by atoms with van der Waals surface area (Å²) in [5.74, 6) is 0.746. The summed E-state index contributed by atoms with van der Waals surface area (Å²) in [4.78, 5) is 12.5. The van der Waals surface area contributed by atoms with Crippen LogP contribution in [0.3, 0.4) is 0 Å². The lowest BCUT2D eigenvalue weighted by molar-refractivity contribution is 0.0926. The second kappa shape index (κ2) is 8.74. The summed E-state index contributed by atoms with van der Waals surface area (Å²) < 4.78 is 7.78. The maximum absolute atomic E-state index is 12.5. The smallest absolute Gasteiger partial charge is 0.251 e. The van der Waals surface area contributed by atoms with E-state index >= 15 is 0 Å². The van der Waals surface area contributed by atoms with Crippen LogP contribution in [0.1, 0.15) is 39.8 Å². The van der Waals surface area contributed by atoms with Crippen molar-refractivity contribution in [3.63, 3.8) is 0 Å². The molecule has 0 fully saturated rings. The van der Waals surface area contributed by atoms with Crippen molar-refractivity contribution >= 4 is 5.91 Å². The second-order valence-electron chi connectivity index (χ2n) is 7.23. The molecule has 0 aliphatic carbocycles. The molecule has 28 heavy (non-hydrogen) atoms. The molecule has 0 spiro atoms. The molecule has 0 radical (unpaired) electrons. The highest BCUT2D eigenvalue weighted by Gasteiger charge is 2.11. The van der Waals surface area contributed by atoms with E-state index in [4.69, 9.17) is 4.74 Å². The first-order valence-electron chi connectivity index (χ1n) is 9.51. The van der Waals surface area contributed by atoms with Crippen LogP contribution in [0.4, 0.5) is 0 Å². The third-order valence-corrected chi connectivity index (χ3v) is 4.61. The minimum Gasteiger partial charge on any atom is -0.491 e. The molecule has 0 aliphatic heterocycles. The zero-order valence-corrected chi connectivity index (χ0v) is 16.9. The molecule has 5 nitrogen and oxygen atoms in total. The molecule has 1 aromatic heterocycles. The number of hydrogen-bond acceptors (Lipinski definition) is 3. The highest BCUT2D eigenvalue weighted by molar-refractivity contribution is 5.94. The maximum atomic E-state index is 12.5. The molecular formula is C23H27N3O2. The molecule has 2 aromatic carbocycles. The van der Waals surface area contributed by atoms with Gasteiger partial charge in [0.15, 0.2) is 0 Å². The Morgan fingerprint density at radius 2 is 1.82 bits per heavy atom. The summed E-state index contributed by atoms with van der Waals surface area (Å²) in [5, 5.41) is 7.46. The number of carbonyl (C=O) groups excluding carboxylic acids is 1. The Kier molecular flexibility index (Phi) is 6.14. The van der Waals surface area contributed by atoms with Crippen LogP contribution in [0.5, 0.6) is 5.75 Å². The van der Waals surface area contributed by atoms with Crippen LogP contribution in [0, 0.1) is 20.8 Å². The lowest BCUT2D eigenvalue weighted by atomic mass is 10.1. The SMILES string of the molecule is Cc1cc(C)n(Cc2ccc(C(=O)N[C@H](C)COc3ccccc3C)cc2)n1. The standard InChI is InChI=1S/C23H27N3O2/c1-16-7-5-6-8-22(16)28-15-18(3)24-23(27)21-11-9-20(10-12-21)14-26-19(4)13-17(2)25-26/h5-13,18H,14-15H2,1-4H3,(H,24,27)/t18-/m1/s1. The van der Waals surface area contributed by atoms with Gasteiger partial charge in [0.05, 0.1) is 18.3 Å². The van der Waals surface area contributed by atoms with E-state index < -0.39 is 0 Å². The first-order valence-corrected chi connectivity index (χ1v) is 9.51. The summed E-state index contributed by atoms with van der Waals surface area (Å²) in [6.45, 7) is 9.09. The van der Waals surface area contributed by atoms with Crippen LogP contribution in [-0.2, 0) is 6.54 Å². The van der Waals surface area contributed by atoms with Gasteiger partial charge in [-0.1, -0.05) is 30.3 Å². The number of benzene rings is 2. The number of rotatable bonds is 7. The number of amides is 1. The molecule has 0 unspecified atom stereocenters. The normalized spacial score (nSPS) is 11.9. The summed E-state index contributed by atoms with van der Waals surface area (Å²) in [5.41, 5.74) is 4.97. The zero-order chi connectivity index (χ0) is 20.1. The van der Waals surface area contributed by atoms with Gasteiger partial charge in [-0.15, -0.1) is 0 Å². The minimum atomic E-state index is -0.0986. The van der Waals surface area contributed by atoms with Gasteiger partial charge in [0.2, 0.25) is 0 Å². The van der Waals surface area contributed by atoms with Crippen LogP contribution >= 0.6 is 0 Å². The summed E-state index contributed by atoms with van der Waals surface area (Å²) in [6, 6.07) is 17.5. The first kappa shape index (κ1) is 19.7. The van der Waals surface area contributed by atoms with E-state index in [2.05, 4.69) is 16.5 Å². The summed E-state index contributed by atoms with van der Waals surface area (Å²) in [7, 11) is 0. The lowest BCUT2D eigenvalue weighted by Crippen LogP contribution is -2.36. The fourth-order valence-corrected chi connectivity index (χ4v) is 3.05. The van der Waals surface area contributed by atoms with Crippen LogP contribution in [0.25, 0.3) is 0 Å². The second-order valence-corrected chi connectivity index (χ2v) is 7.23. The number of nitrogens with one attached hydrogen (secondary N) is 1. The Morgan fingerprint density at radius 1 is 1.11 bits per heavy atom. The molecule has 1 atom stereocenters. The van der Waals surface area contributed by atoms with Crippen molar-refractivity contribution in [2.24, 2.45) is 0 Å². The van der Waals surface area contributed by atoms with E-state index in [1.54, 1.807) is 0 Å². The molecule has 146 valence electrons.